The molecule has 0 spiro atoms. The van der Waals surface area contributed by atoms with Crippen LogP contribution in [0, 0.1) is 6.92 Å². The maximum Gasteiger partial charge on any atom is 0.186 e. The third kappa shape index (κ3) is 4.28. The summed E-state index contributed by atoms with van der Waals surface area (Å²) in [5.41, 5.74) is 5.50. The number of ether oxygens (including phenoxy) is 1. The van der Waals surface area contributed by atoms with Crippen molar-refractivity contribution in [1.29, 1.82) is 0 Å². The van der Waals surface area contributed by atoms with Gasteiger partial charge in [-0.3, -0.25) is 0 Å². The number of aromatic hydroxyl groups is 1. The highest BCUT2D eigenvalue weighted by Gasteiger charge is 2.29. The normalized spacial score (nSPS) is 18.6. The lowest BCUT2D eigenvalue weighted by molar-refractivity contribution is -0.731. The number of nitrogens with two attached hydrogens (primary N) is 1. The van der Waals surface area contributed by atoms with Crippen LogP contribution in [0.15, 0.2) is 78.9 Å². The molecule has 148 valence electrons. The van der Waals surface area contributed by atoms with E-state index in [0.717, 1.165) is 22.6 Å². The number of hydrogen-bond donors (Lipinski definition) is 3. The minimum absolute atomic E-state index is 0.00493. The molecule has 3 aromatic rings. The Morgan fingerprint density at radius 2 is 1.69 bits per heavy atom. The predicted octanol–water partition coefficient (Wildman–Crippen LogP) is 4.05. The number of benzene rings is 3. The first-order valence-electron chi connectivity index (χ1n) is 10.0. The van der Waals surface area contributed by atoms with Crippen LogP contribution in [-0.4, -0.2) is 11.7 Å². The molecule has 0 saturated heterocycles. The molecule has 4 rings (SSSR count). The number of rotatable bonds is 5. The molecule has 4 heteroatoms. The van der Waals surface area contributed by atoms with Crippen molar-refractivity contribution in [3.63, 3.8) is 0 Å². The van der Waals surface area contributed by atoms with Crippen molar-refractivity contribution in [2.75, 3.05) is 6.61 Å². The number of phenols is 1. The Hall–Kier alpha value is -3.24. The van der Waals surface area contributed by atoms with Gasteiger partial charge in [0.1, 0.15) is 17.5 Å². The van der Waals surface area contributed by atoms with Gasteiger partial charge in [0.15, 0.2) is 6.17 Å². The SMILES string of the molecule is CCOc1ccc(C2=CC(c3ccccc3O)[NH2+]C(c3ccc(C)cc3)N2)cc1. The molecular weight excluding hydrogens is 360 g/mol. The van der Waals surface area contributed by atoms with E-state index in [1.54, 1.807) is 6.07 Å². The van der Waals surface area contributed by atoms with E-state index in [0.29, 0.717) is 12.4 Å². The van der Waals surface area contributed by atoms with Crippen LogP contribution in [0.1, 0.15) is 41.4 Å². The number of nitrogens with one attached hydrogen (secondary N) is 1. The van der Waals surface area contributed by atoms with Gasteiger partial charge in [0.05, 0.1) is 12.2 Å². The second-order valence-corrected chi connectivity index (χ2v) is 7.35. The molecule has 0 amide bonds. The van der Waals surface area contributed by atoms with E-state index in [-0.39, 0.29) is 12.2 Å². The summed E-state index contributed by atoms with van der Waals surface area (Å²) < 4.78 is 5.58. The average molecular weight is 388 g/mol. The Labute approximate surface area is 171 Å². The zero-order valence-electron chi connectivity index (χ0n) is 16.8. The van der Waals surface area contributed by atoms with Crippen LogP contribution in [0.4, 0.5) is 0 Å². The molecule has 4 N–H and O–H groups in total. The third-order valence-corrected chi connectivity index (χ3v) is 5.27. The topological polar surface area (TPSA) is 58.1 Å². The Bertz CT molecular complexity index is 994. The molecule has 2 unspecified atom stereocenters. The summed E-state index contributed by atoms with van der Waals surface area (Å²) in [6.07, 6.45) is 2.22. The minimum atomic E-state index is 0.00493. The summed E-state index contributed by atoms with van der Waals surface area (Å²) in [4.78, 5) is 0. The molecule has 0 radical (unpaired) electrons. The first-order chi connectivity index (χ1) is 14.1. The number of hydrogen-bond acceptors (Lipinski definition) is 3. The Balaban J connectivity index is 1.71. The van der Waals surface area contributed by atoms with E-state index in [9.17, 15) is 5.11 Å². The van der Waals surface area contributed by atoms with Crippen LogP contribution in [0.3, 0.4) is 0 Å². The van der Waals surface area contributed by atoms with Gasteiger partial charge in [-0.25, -0.2) is 0 Å². The summed E-state index contributed by atoms with van der Waals surface area (Å²) in [6.45, 7) is 4.73. The first kappa shape index (κ1) is 19.1. The smallest absolute Gasteiger partial charge is 0.186 e. The van der Waals surface area contributed by atoms with Crippen molar-refractivity contribution >= 4 is 5.70 Å². The fraction of sp³-hybridized carbons (Fsp3) is 0.200. The van der Waals surface area contributed by atoms with Gasteiger partial charge in [-0.1, -0.05) is 42.0 Å². The van der Waals surface area contributed by atoms with Crippen LogP contribution >= 0.6 is 0 Å². The fourth-order valence-electron chi connectivity index (χ4n) is 3.71. The maximum atomic E-state index is 10.4. The van der Waals surface area contributed by atoms with Crippen LogP contribution in [-0.2, 0) is 0 Å². The predicted molar refractivity (Wildman–Crippen MR) is 115 cm³/mol. The summed E-state index contributed by atoms with van der Waals surface area (Å²) in [7, 11) is 0. The van der Waals surface area contributed by atoms with E-state index in [4.69, 9.17) is 4.74 Å². The molecule has 2 atom stereocenters. The second kappa shape index (κ2) is 8.41. The molecular formula is C25H27N2O2+. The quantitative estimate of drug-likeness (QED) is 0.619. The summed E-state index contributed by atoms with van der Waals surface area (Å²) in [5, 5.41) is 16.3. The lowest BCUT2D eigenvalue weighted by Crippen LogP contribution is -2.89. The summed E-state index contributed by atoms with van der Waals surface area (Å²) in [5.74, 6) is 1.19. The maximum absolute atomic E-state index is 10.4. The lowest BCUT2D eigenvalue weighted by Gasteiger charge is -2.30. The number of phenolic OH excluding ortho intramolecular Hbond substituents is 1. The van der Waals surface area contributed by atoms with Crippen LogP contribution in [0.5, 0.6) is 11.5 Å². The van der Waals surface area contributed by atoms with E-state index in [1.807, 2.05) is 37.3 Å². The molecule has 1 aliphatic heterocycles. The highest BCUT2D eigenvalue weighted by molar-refractivity contribution is 5.66. The fourth-order valence-corrected chi connectivity index (χ4v) is 3.71. The van der Waals surface area contributed by atoms with Crippen molar-refractivity contribution in [3.8, 4) is 11.5 Å². The van der Waals surface area contributed by atoms with E-state index < -0.39 is 0 Å². The molecule has 1 aliphatic rings. The van der Waals surface area contributed by atoms with Gasteiger partial charge in [-0.2, -0.15) is 0 Å². The van der Waals surface area contributed by atoms with E-state index in [1.165, 1.54) is 11.1 Å². The summed E-state index contributed by atoms with van der Waals surface area (Å²) >= 11 is 0. The van der Waals surface area contributed by atoms with Gasteiger partial charge in [-0.15, -0.1) is 0 Å². The molecule has 0 bridgehead atoms. The van der Waals surface area contributed by atoms with Crippen LogP contribution in [0.25, 0.3) is 5.70 Å². The van der Waals surface area contributed by atoms with Gasteiger partial charge in [-0.05, 0) is 55.8 Å². The zero-order chi connectivity index (χ0) is 20.2. The van der Waals surface area contributed by atoms with Crippen LogP contribution in [0.2, 0.25) is 0 Å². The monoisotopic (exact) mass is 387 g/mol. The number of quaternary nitrogens is 1. The van der Waals surface area contributed by atoms with Crippen molar-refractivity contribution in [2.24, 2.45) is 0 Å². The molecule has 29 heavy (non-hydrogen) atoms. The highest BCUT2D eigenvalue weighted by atomic mass is 16.5. The zero-order valence-corrected chi connectivity index (χ0v) is 16.8. The Morgan fingerprint density at radius 3 is 2.38 bits per heavy atom. The number of para-hydroxylation sites is 1. The second-order valence-electron chi connectivity index (χ2n) is 7.35. The molecule has 1 heterocycles. The molecule has 0 fully saturated rings. The van der Waals surface area contributed by atoms with Crippen molar-refractivity contribution in [3.05, 3.63) is 101 Å². The number of aryl methyl sites for hydroxylation is 1. The summed E-state index contributed by atoms with van der Waals surface area (Å²) in [6, 6.07) is 24.3. The minimum Gasteiger partial charge on any atom is -0.507 e. The van der Waals surface area contributed by atoms with Gasteiger partial charge < -0.3 is 20.5 Å². The van der Waals surface area contributed by atoms with Gasteiger partial charge >= 0.3 is 0 Å². The van der Waals surface area contributed by atoms with Crippen molar-refractivity contribution in [2.45, 2.75) is 26.1 Å². The molecule has 4 nitrogen and oxygen atoms in total. The molecule has 0 aromatic heterocycles. The van der Waals surface area contributed by atoms with Crippen molar-refractivity contribution in [1.82, 2.24) is 5.32 Å². The Kier molecular flexibility index (Phi) is 5.54. The highest BCUT2D eigenvalue weighted by Crippen LogP contribution is 2.29. The molecule has 0 aliphatic carbocycles. The van der Waals surface area contributed by atoms with E-state index >= 15 is 0 Å². The average Bonchev–Trinajstić information content (AvgIpc) is 2.75. The van der Waals surface area contributed by atoms with Crippen LogP contribution < -0.4 is 15.4 Å². The Morgan fingerprint density at radius 1 is 0.966 bits per heavy atom. The largest absolute Gasteiger partial charge is 0.507 e. The first-order valence-corrected chi connectivity index (χ1v) is 10.0. The third-order valence-electron chi connectivity index (χ3n) is 5.27. The van der Waals surface area contributed by atoms with Crippen molar-refractivity contribution < 1.29 is 15.2 Å². The lowest BCUT2D eigenvalue weighted by atomic mass is 9.97. The molecule has 0 saturated carbocycles. The van der Waals surface area contributed by atoms with Gasteiger partial charge in [0, 0.05) is 17.3 Å². The van der Waals surface area contributed by atoms with E-state index in [2.05, 4.69) is 60.0 Å². The van der Waals surface area contributed by atoms with Gasteiger partial charge in [0.25, 0.3) is 0 Å². The standard InChI is InChI=1S/C25H26N2O2/c1-3-29-20-14-12-18(13-15-20)22-16-23(21-6-4-5-7-24(21)28)27-25(26-22)19-10-8-17(2)9-11-19/h4-16,23,25-28H,3H2,1-2H3/p+1. The van der Waals surface area contributed by atoms with Gasteiger partial charge in [0.2, 0.25) is 0 Å². The molecule has 3 aromatic carbocycles.